The fourth-order valence-electron chi connectivity index (χ4n) is 4.43. The Morgan fingerprint density at radius 1 is 0.947 bits per heavy atom. The van der Waals surface area contributed by atoms with E-state index in [1.54, 1.807) is 6.08 Å². The Balaban J connectivity index is 1.25. The Morgan fingerprint density at radius 3 is 2.45 bits per heavy atom. The highest BCUT2D eigenvalue weighted by Crippen LogP contribution is 2.36. The molecule has 5 nitrogen and oxygen atoms in total. The van der Waals surface area contributed by atoms with Crippen LogP contribution in [0.15, 0.2) is 99.6 Å². The van der Waals surface area contributed by atoms with Crippen molar-refractivity contribution in [2.45, 2.75) is 13.0 Å². The number of halogens is 2. The second-order valence-corrected chi connectivity index (χ2v) is 10.5. The van der Waals surface area contributed by atoms with E-state index in [4.69, 9.17) is 4.74 Å². The molecule has 5 rings (SSSR count). The largest absolute Gasteiger partial charge is 0.487 e. The number of aromatic amines is 1. The predicted octanol–water partition coefficient (Wildman–Crippen LogP) is 7.69. The molecule has 4 aromatic carbocycles. The van der Waals surface area contributed by atoms with Crippen molar-refractivity contribution < 1.29 is 9.53 Å². The van der Waals surface area contributed by atoms with Crippen LogP contribution in [0.5, 0.6) is 5.75 Å². The first kappa shape index (κ1) is 25.8. The molecular formula is C31H23Br2N3O2. The molecule has 0 radical (unpaired) electrons. The molecule has 38 heavy (non-hydrogen) atoms. The summed E-state index contributed by atoms with van der Waals surface area (Å²) in [5.41, 5.74) is 4.00. The first-order chi connectivity index (χ1) is 18.5. The number of ether oxygens (including phenoxy) is 1. The number of fused-ring (bicyclic) bond motifs is 2. The van der Waals surface area contributed by atoms with E-state index in [9.17, 15) is 10.1 Å². The SMILES string of the molecule is N#C/C(=C/c1cc(Br)c(OCc2cccc3ccccc23)c(Br)c1)C(=O)NCCc1c[nH]c2ccccc12. The monoisotopic (exact) mass is 627 g/mol. The summed E-state index contributed by atoms with van der Waals surface area (Å²) in [6, 6.07) is 28.1. The van der Waals surface area contributed by atoms with Crippen molar-refractivity contribution in [1.82, 2.24) is 10.3 Å². The molecule has 0 aliphatic heterocycles. The molecule has 0 bridgehead atoms. The third-order valence-electron chi connectivity index (χ3n) is 6.30. The summed E-state index contributed by atoms with van der Waals surface area (Å²) < 4.78 is 7.59. The molecule has 0 fully saturated rings. The van der Waals surface area contributed by atoms with E-state index in [0.717, 1.165) is 41.7 Å². The second kappa shape index (κ2) is 11.7. The number of nitriles is 1. The smallest absolute Gasteiger partial charge is 0.261 e. The lowest BCUT2D eigenvalue weighted by Crippen LogP contribution is -2.26. The van der Waals surface area contributed by atoms with E-state index >= 15 is 0 Å². The Hall–Kier alpha value is -3.86. The zero-order chi connectivity index (χ0) is 26.5. The molecule has 1 amide bonds. The molecule has 7 heteroatoms. The summed E-state index contributed by atoms with van der Waals surface area (Å²) in [5, 5.41) is 15.9. The van der Waals surface area contributed by atoms with Gasteiger partial charge in [0.25, 0.3) is 5.91 Å². The van der Waals surface area contributed by atoms with Gasteiger partial charge in [-0.05, 0) is 90.0 Å². The lowest BCUT2D eigenvalue weighted by molar-refractivity contribution is -0.117. The second-order valence-electron chi connectivity index (χ2n) is 8.78. The number of nitrogens with one attached hydrogen (secondary N) is 2. The number of amides is 1. The average Bonchev–Trinajstić information content (AvgIpc) is 3.34. The first-order valence-electron chi connectivity index (χ1n) is 12.1. The number of para-hydroxylation sites is 1. The number of nitrogens with zero attached hydrogens (tertiary/aromatic N) is 1. The van der Waals surface area contributed by atoms with Crippen molar-refractivity contribution in [2.24, 2.45) is 0 Å². The van der Waals surface area contributed by atoms with Gasteiger partial charge in [0.1, 0.15) is 24.0 Å². The number of rotatable bonds is 8. The highest BCUT2D eigenvalue weighted by atomic mass is 79.9. The summed E-state index contributed by atoms with van der Waals surface area (Å²) in [5.74, 6) is 0.243. The quantitative estimate of drug-likeness (QED) is 0.137. The van der Waals surface area contributed by atoms with Gasteiger partial charge in [-0.15, -0.1) is 0 Å². The van der Waals surface area contributed by atoms with Gasteiger partial charge in [-0.2, -0.15) is 5.26 Å². The van der Waals surface area contributed by atoms with Crippen LogP contribution in [-0.2, 0) is 17.8 Å². The van der Waals surface area contributed by atoms with E-state index in [1.165, 1.54) is 0 Å². The third kappa shape index (κ3) is 5.67. The van der Waals surface area contributed by atoms with Crippen molar-refractivity contribution in [3.8, 4) is 11.8 Å². The Morgan fingerprint density at radius 2 is 1.66 bits per heavy atom. The number of aromatic nitrogens is 1. The maximum absolute atomic E-state index is 12.7. The van der Waals surface area contributed by atoms with E-state index in [2.05, 4.69) is 72.5 Å². The van der Waals surface area contributed by atoms with E-state index in [1.807, 2.05) is 60.8 Å². The van der Waals surface area contributed by atoms with Crippen molar-refractivity contribution in [3.05, 3.63) is 116 Å². The predicted molar refractivity (Wildman–Crippen MR) is 159 cm³/mol. The van der Waals surface area contributed by atoms with Crippen LogP contribution in [0.1, 0.15) is 16.7 Å². The zero-order valence-electron chi connectivity index (χ0n) is 20.3. The standard InChI is InChI=1S/C31H23Br2N3O2/c32-27-15-20(16-28(33)30(27)38-19-23-8-5-7-21-6-1-2-9-25(21)23)14-24(17-34)31(37)35-13-12-22-18-36-29-11-4-3-10-26(22)29/h1-11,14-16,18,36H,12-13,19H2,(H,35,37)/b24-14-. The summed E-state index contributed by atoms with van der Waals surface area (Å²) >= 11 is 7.17. The lowest BCUT2D eigenvalue weighted by Gasteiger charge is -2.13. The van der Waals surface area contributed by atoms with Crippen molar-refractivity contribution in [1.29, 1.82) is 5.26 Å². The molecule has 0 saturated heterocycles. The summed E-state index contributed by atoms with van der Waals surface area (Å²) in [7, 11) is 0. The molecule has 0 aliphatic carbocycles. The molecule has 0 atom stereocenters. The van der Waals surface area contributed by atoms with Gasteiger partial charge in [0.05, 0.1) is 8.95 Å². The number of carbonyl (C=O) groups excluding carboxylic acids is 1. The van der Waals surface area contributed by atoms with Gasteiger partial charge in [0, 0.05) is 23.6 Å². The molecule has 2 N–H and O–H groups in total. The van der Waals surface area contributed by atoms with Crippen LogP contribution >= 0.6 is 31.9 Å². The summed E-state index contributed by atoms with van der Waals surface area (Å²) in [6.07, 6.45) is 4.19. The van der Waals surface area contributed by atoms with E-state index < -0.39 is 5.91 Å². The lowest BCUT2D eigenvalue weighted by atomic mass is 10.1. The minimum absolute atomic E-state index is 0.0344. The molecule has 0 spiro atoms. The summed E-state index contributed by atoms with van der Waals surface area (Å²) in [4.78, 5) is 16.0. The van der Waals surface area contributed by atoms with Gasteiger partial charge < -0.3 is 15.0 Å². The van der Waals surface area contributed by atoms with E-state index in [-0.39, 0.29) is 5.57 Å². The first-order valence-corrected chi connectivity index (χ1v) is 13.7. The molecule has 1 heterocycles. The van der Waals surface area contributed by atoms with Crippen LogP contribution in [0.25, 0.3) is 27.8 Å². The fourth-order valence-corrected chi connectivity index (χ4v) is 5.88. The Labute approximate surface area is 237 Å². The van der Waals surface area contributed by atoms with Crippen LogP contribution in [0.2, 0.25) is 0 Å². The molecule has 188 valence electrons. The molecular weight excluding hydrogens is 606 g/mol. The maximum Gasteiger partial charge on any atom is 0.261 e. The van der Waals surface area contributed by atoms with Crippen LogP contribution in [0, 0.1) is 11.3 Å². The van der Waals surface area contributed by atoms with Crippen molar-refractivity contribution in [3.63, 3.8) is 0 Å². The van der Waals surface area contributed by atoms with E-state index in [0.29, 0.717) is 30.9 Å². The average molecular weight is 629 g/mol. The number of H-pyrrole nitrogens is 1. The minimum Gasteiger partial charge on any atom is -0.487 e. The van der Waals surface area contributed by atoms with Gasteiger partial charge in [-0.3, -0.25) is 4.79 Å². The van der Waals surface area contributed by atoms with Crippen LogP contribution < -0.4 is 10.1 Å². The molecule has 0 unspecified atom stereocenters. The fraction of sp³-hybridized carbons (Fsp3) is 0.0968. The maximum atomic E-state index is 12.7. The molecule has 5 aromatic rings. The van der Waals surface area contributed by atoms with Gasteiger partial charge in [0.15, 0.2) is 0 Å². The number of carbonyl (C=O) groups is 1. The van der Waals surface area contributed by atoms with Crippen LogP contribution in [0.3, 0.4) is 0 Å². The normalized spacial score (nSPS) is 11.4. The molecule has 0 aliphatic rings. The van der Waals surface area contributed by atoms with Gasteiger partial charge in [0.2, 0.25) is 0 Å². The highest BCUT2D eigenvalue weighted by molar-refractivity contribution is 9.11. The van der Waals surface area contributed by atoms with Crippen molar-refractivity contribution in [2.75, 3.05) is 6.54 Å². The van der Waals surface area contributed by atoms with Gasteiger partial charge >= 0.3 is 0 Å². The number of hydrogen-bond donors (Lipinski definition) is 2. The zero-order valence-corrected chi connectivity index (χ0v) is 23.5. The molecule has 0 saturated carbocycles. The van der Waals surface area contributed by atoms with Crippen LogP contribution in [0.4, 0.5) is 0 Å². The minimum atomic E-state index is -0.407. The number of benzene rings is 4. The third-order valence-corrected chi connectivity index (χ3v) is 7.48. The van der Waals surface area contributed by atoms with Crippen molar-refractivity contribution >= 4 is 65.5 Å². The summed E-state index contributed by atoms with van der Waals surface area (Å²) in [6.45, 7) is 0.823. The van der Waals surface area contributed by atoms with Gasteiger partial charge in [-0.1, -0.05) is 60.7 Å². The highest BCUT2D eigenvalue weighted by Gasteiger charge is 2.13. The van der Waals surface area contributed by atoms with Crippen LogP contribution in [-0.4, -0.2) is 17.4 Å². The number of hydrogen-bond acceptors (Lipinski definition) is 3. The topological polar surface area (TPSA) is 77.9 Å². The Bertz CT molecular complexity index is 1690. The Kier molecular flexibility index (Phi) is 7.92. The van der Waals surface area contributed by atoms with Gasteiger partial charge in [-0.25, -0.2) is 0 Å². The molecule has 1 aromatic heterocycles.